The van der Waals surface area contributed by atoms with Crippen LogP contribution in [-0.4, -0.2) is 40.4 Å². The van der Waals surface area contributed by atoms with Gasteiger partial charge in [0.05, 0.1) is 7.11 Å². The van der Waals surface area contributed by atoms with Crippen LogP contribution < -0.4 is 15.8 Å². The molecule has 0 saturated heterocycles. The van der Waals surface area contributed by atoms with Gasteiger partial charge in [0.15, 0.2) is 0 Å². The van der Waals surface area contributed by atoms with Crippen molar-refractivity contribution in [2.45, 2.75) is 58.1 Å². The number of aromatic nitrogens is 1. The van der Waals surface area contributed by atoms with E-state index in [2.05, 4.69) is 0 Å². The highest BCUT2D eigenvalue weighted by molar-refractivity contribution is 6.59. The van der Waals surface area contributed by atoms with Crippen LogP contribution in [0.3, 0.4) is 0 Å². The van der Waals surface area contributed by atoms with E-state index in [4.69, 9.17) is 9.47 Å². The minimum Gasteiger partial charge on any atom is -0.496 e. The molecular weight excluding hydrogens is 325 g/mol. The molecule has 2 N–H and O–H groups in total. The molecule has 1 unspecified atom stereocenters. The van der Waals surface area contributed by atoms with Crippen LogP contribution in [0.1, 0.15) is 52.5 Å². The lowest BCUT2D eigenvalue weighted by atomic mass is 9.79. The van der Waals surface area contributed by atoms with Crippen LogP contribution in [0.5, 0.6) is 5.75 Å². The van der Waals surface area contributed by atoms with E-state index in [-0.39, 0.29) is 11.2 Å². The molecule has 0 spiro atoms. The standard InChI is InChI=1S/C17H26BNO6/c1-17(2,3)25-16(21)13(8-11-6-5-7-11)19-10-14(24-4)12(18(22)23)9-15(19)20/h9-11,13,22-23H,5-8H2,1-4H3. The fourth-order valence-electron chi connectivity index (χ4n) is 2.90. The minimum absolute atomic E-state index is 0.0321. The molecule has 8 heteroatoms. The number of carbonyl (C=O) groups excluding carboxylic acids is 1. The number of nitrogens with zero attached hydrogens (tertiary/aromatic N) is 1. The zero-order valence-electron chi connectivity index (χ0n) is 15.2. The number of carbonyl (C=O) groups is 1. The highest BCUT2D eigenvalue weighted by Crippen LogP contribution is 2.34. The molecule has 1 fully saturated rings. The highest BCUT2D eigenvalue weighted by Gasteiger charge is 2.33. The highest BCUT2D eigenvalue weighted by atomic mass is 16.6. The van der Waals surface area contributed by atoms with Crippen molar-refractivity contribution < 1.29 is 24.3 Å². The van der Waals surface area contributed by atoms with Gasteiger partial charge in [-0.15, -0.1) is 0 Å². The topological polar surface area (TPSA) is 98.0 Å². The molecule has 0 bridgehead atoms. The molecule has 0 amide bonds. The van der Waals surface area contributed by atoms with Gasteiger partial charge >= 0.3 is 13.1 Å². The van der Waals surface area contributed by atoms with E-state index < -0.39 is 30.3 Å². The summed E-state index contributed by atoms with van der Waals surface area (Å²) in [7, 11) is -0.464. The van der Waals surface area contributed by atoms with Crippen molar-refractivity contribution in [3.63, 3.8) is 0 Å². The van der Waals surface area contributed by atoms with Gasteiger partial charge in [-0.1, -0.05) is 19.3 Å². The molecule has 1 aromatic rings. The lowest BCUT2D eigenvalue weighted by molar-refractivity contribution is -0.160. The molecule has 1 aromatic heterocycles. The molecule has 0 aromatic carbocycles. The second-order valence-corrected chi connectivity index (χ2v) is 7.50. The lowest BCUT2D eigenvalue weighted by Gasteiger charge is -2.31. The van der Waals surface area contributed by atoms with E-state index in [0.29, 0.717) is 12.3 Å². The fourth-order valence-corrected chi connectivity index (χ4v) is 2.90. The number of hydrogen-bond donors (Lipinski definition) is 2. The third kappa shape index (κ3) is 4.86. The summed E-state index contributed by atoms with van der Waals surface area (Å²) in [4.78, 5) is 25.2. The Labute approximate surface area is 147 Å². The molecule has 138 valence electrons. The summed E-state index contributed by atoms with van der Waals surface area (Å²) in [6.07, 6.45) is 5.04. The van der Waals surface area contributed by atoms with Gasteiger partial charge in [-0.2, -0.15) is 0 Å². The summed E-state index contributed by atoms with van der Waals surface area (Å²) in [5, 5.41) is 18.8. The van der Waals surface area contributed by atoms with Crippen molar-refractivity contribution >= 4 is 18.6 Å². The van der Waals surface area contributed by atoms with Crippen LogP contribution in [0.2, 0.25) is 0 Å². The molecule has 7 nitrogen and oxygen atoms in total. The average Bonchev–Trinajstić information content (AvgIpc) is 2.44. The molecule has 25 heavy (non-hydrogen) atoms. The van der Waals surface area contributed by atoms with E-state index in [1.807, 2.05) is 0 Å². The summed E-state index contributed by atoms with van der Waals surface area (Å²) >= 11 is 0. The number of ether oxygens (including phenoxy) is 2. The van der Waals surface area contributed by atoms with E-state index in [0.717, 1.165) is 25.3 Å². The van der Waals surface area contributed by atoms with Gasteiger partial charge in [0.1, 0.15) is 17.4 Å². The maximum atomic E-state index is 12.7. The smallest absolute Gasteiger partial charge is 0.492 e. The molecule has 1 saturated carbocycles. The van der Waals surface area contributed by atoms with E-state index in [1.54, 1.807) is 20.8 Å². The third-order valence-corrected chi connectivity index (χ3v) is 4.37. The second kappa shape index (κ2) is 7.62. The van der Waals surface area contributed by atoms with Gasteiger partial charge in [-0.25, -0.2) is 4.79 Å². The first-order valence-electron chi connectivity index (χ1n) is 8.51. The Morgan fingerprint density at radius 2 is 2.04 bits per heavy atom. The number of methoxy groups -OCH3 is 1. The SMILES string of the molecule is COc1cn(C(CC2CCC2)C(=O)OC(C)(C)C)c(=O)cc1B(O)O. The van der Waals surface area contributed by atoms with Gasteiger partial charge in [-0.3, -0.25) is 9.36 Å². The van der Waals surface area contributed by atoms with Crippen LogP contribution in [0.25, 0.3) is 0 Å². The number of hydrogen-bond acceptors (Lipinski definition) is 6. The number of rotatable bonds is 6. The zero-order valence-corrected chi connectivity index (χ0v) is 15.2. The van der Waals surface area contributed by atoms with Gasteiger partial charge in [0.2, 0.25) is 0 Å². The monoisotopic (exact) mass is 351 g/mol. The summed E-state index contributed by atoms with van der Waals surface area (Å²) in [6.45, 7) is 5.33. The quantitative estimate of drug-likeness (QED) is 0.576. The predicted molar refractivity (Wildman–Crippen MR) is 93.9 cm³/mol. The van der Waals surface area contributed by atoms with Crippen LogP contribution in [0.15, 0.2) is 17.1 Å². The Balaban J connectivity index is 2.42. The summed E-state index contributed by atoms with van der Waals surface area (Å²) in [5.74, 6) is 0.0381. The normalized spacial score (nSPS) is 16.1. The minimum atomic E-state index is -1.83. The Kier molecular flexibility index (Phi) is 5.95. The van der Waals surface area contributed by atoms with Gasteiger partial charge in [-0.05, 0) is 33.1 Å². The zero-order chi connectivity index (χ0) is 18.8. The molecule has 1 atom stereocenters. The first kappa shape index (κ1) is 19.5. The number of esters is 1. The molecule has 1 aliphatic carbocycles. The van der Waals surface area contributed by atoms with Crippen LogP contribution in [-0.2, 0) is 9.53 Å². The summed E-state index contributed by atoms with van der Waals surface area (Å²) in [5.41, 5.74) is -1.20. The van der Waals surface area contributed by atoms with Crippen molar-refractivity contribution in [3.8, 4) is 5.75 Å². The largest absolute Gasteiger partial charge is 0.496 e. The molecule has 1 aliphatic rings. The fraction of sp³-hybridized carbons (Fsp3) is 0.647. The maximum absolute atomic E-state index is 12.7. The first-order valence-corrected chi connectivity index (χ1v) is 8.51. The van der Waals surface area contributed by atoms with E-state index in [9.17, 15) is 19.6 Å². The van der Waals surface area contributed by atoms with Crippen LogP contribution >= 0.6 is 0 Å². The van der Waals surface area contributed by atoms with Crippen molar-refractivity contribution in [2.24, 2.45) is 5.92 Å². The van der Waals surface area contributed by atoms with Crippen LogP contribution in [0, 0.1) is 5.92 Å². The van der Waals surface area contributed by atoms with Crippen LogP contribution in [0.4, 0.5) is 0 Å². The van der Waals surface area contributed by atoms with E-state index >= 15 is 0 Å². The van der Waals surface area contributed by atoms with E-state index in [1.165, 1.54) is 17.9 Å². The Morgan fingerprint density at radius 3 is 2.48 bits per heavy atom. The maximum Gasteiger partial charge on any atom is 0.492 e. The van der Waals surface area contributed by atoms with Crippen molar-refractivity contribution in [1.82, 2.24) is 4.57 Å². The molecular formula is C17H26BNO6. The Morgan fingerprint density at radius 1 is 1.40 bits per heavy atom. The van der Waals surface area contributed by atoms with Crippen molar-refractivity contribution in [1.29, 1.82) is 0 Å². The second-order valence-electron chi connectivity index (χ2n) is 7.50. The summed E-state index contributed by atoms with van der Waals surface area (Å²) in [6, 6.07) is 0.317. The predicted octanol–water partition coefficient (Wildman–Crippen LogP) is 0.610. The third-order valence-electron chi connectivity index (χ3n) is 4.37. The molecule has 2 rings (SSSR count). The van der Waals surface area contributed by atoms with Gasteiger partial charge in [0, 0.05) is 17.7 Å². The van der Waals surface area contributed by atoms with Gasteiger partial charge < -0.3 is 19.5 Å². The van der Waals surface area contributed by atoms with Gasteiger partial charge in [0.25, 0.3) is 5.56 Å². The molecule has 0 aliphatic heterocycles. The first-order chi connectivity index (χ1) is 11.6. The van der Waals surface area contributed by atoms with Crippen molar-refractivity contribution in [2.75, 3.05) is 7.11 Å². The van der Waals surface area contributed by atoms with Crippen molar-refractivity contribution in [3.05, 3.63) is 22.6 Å². The Bertz CT molecular complexity index is 675. The summed E-state index contributed by atoms with van der Waals surface area (Å²) < 4.78 is 11.9. The molecule has 1 heterocycles. The molecule has 0 radical (unpaired) electrons. The average molecular weight is 351 g/mol. The number of pyridine rings is 1. The lowest BCUT2D eigenvalue weighted by Crippen LogP contribution is -2.40. The Hall–Kier alpha value is -1.80.